The molecule has 1 aromatic carbocycles. The Morgan fingerprint density at radius 3 is 2.90 bits per heavy atom. The van der Waals surface area contributed by atoms with Crippen LogP contribution in [-0.2, 0) is 28.9 Å². The third kappa shape index (κ3) is 2.57. The van der Waals surface area contributed by atoms with Crippen LogP contribution in [0.15, 0.2) is 24.3 Å². The zero-order valence-electron chi connectivity index (χ0n) is 12.9. The van der Waals surface area contributed by atoms with Crippen molar-refractivity contribution in [2.24, 2.45) is 5.92 Å². The molecule has 21 heavy (non-hydrogen) atoms. The summed E-state index contributed by atoms with van der Waals surface area (Å²) in [6.45, 7) is 5.56. The summed E-state index contributed by atoms with van der Waals surface area (Å²) in [6.07, 6.45) is 3.71. The zero-order chi connectivity index (χ0) is 14.8. The van der Waals surface area contributed by atoms with Gasteiger partial charge >= 0.3 is 5.97 Å². The minimum absolute atomic E-state index is 0.0508. The van der Waals surface area contributed by atoms with Crippen molar-refractivity contribution >= 4 is 16.9 Å². The molecule has 1 atom stereocenters. The number of aryl methyl sites for hydroxylation is 1. The molecule has 0 N–H and O–H groups in total. The maximum Gasteiger partial charge on any atom is 0.306 e. The Morgan fingerprint density at radius 1 is 1.33 bits per heavy atom. The minimum atomic E-state index is -0.0508. The average molecular weight is 285 g/mol. The molecule has 1 aliphatic rings. The first-order valence-corrected chi connectivity index (χ1v) is 7.99. The van der Waals surface area contributed by atoms with Gasteiger partial charge in [0.25, 0.3) is 0 Å². The SMILES string of the molecule is CCOC(=O)CC1CCc2c(c3ccccc3n2CC)C1. The summed E-state index contributed by atoms with van der Waals surface area (Å²) in [6, 6.07) is 8.64. The Labute approximate surface area is 125 Å². The lowest BCUT2D eigenvalue weighted by Gasteiger charge is -2.23. The third-order valence-corrected chi connectivity index (χ3v) is 4.55. The number of esters is 1. The maximum atomic E-state index is 11.7. The molecule has 0 amide bonds. The smallest absolute Gasteiger partial charge is 0.306 e. The molecule has 112 valence electrons. The molecular formula is C18H23NO2. The number of aromatic nitrogens is 1. The number of hydrogen-bond donors (Lipinski definition) is 0. The van der Waals surface area contributed by atoms with Gasteiger partial charge < -0.3 is 9.30 Å². The summed E-state index contributed by atoms with van der Waals surface area (Å²) in [5, 5.41) is 1.36. The fraction of sp³-hybridized carbons (Fsp3) is 0.500. The van der Waals surface area contributed by atoms with Crippen molar-refractivity contribution in [3.05, 3.63) is 35.5 Å². The molecule has 1 unspecified atom stereocenters. The van der Waals surface area contributed by atoms with E-state index in [-0.39, 0.29) is 5.97 Å². The highest BCUT2D eigenvalue weighted by atomic mass is 16.5. The Bertz CT molecular complexity index is 657. The van der Waals surface area contributed by atoms with Crippen LogP contribution in [0.3, 0.4) is 0 Å². The van der Waals surface area contributed by atoms with Gasteiger partial charge in [0.1, 0.15) is 0 Å². The van der Waals surface area contributed by atoms with Crippen LogP contribution in [0.25, 0.3) is 10.9 Å². The fourth-order valence-corrected chi connectivity index (χ4v) is 3.66. The summed E-state index contributed by atoms with van der Waals surface area (Å²) >= 11 is 0. The van der Waals surface area contributed by atoms with Crippen LogP contribution in [-0.4, -0.2) is 17.1 Å². The average Bonchev–Trinajstić information content (AvgIpc) is 2.81. The number of carbonyl (C=O) groups excluding carboxylic acids is 1. The normalized spacial score (nSPS) is 17.7. The Hall–Kier alpha value is -1.77. The molecular weight excluding hydrogens is 262 g/mol. The van der Waals surface area contributed by atoms with E-state index in [4.69, 9.17) is 4.74 Å². The van der Waals surface area contributed by atoms with Crippen molar-refractivity contribution in [2.45, 2.75) is 46.1 Å². The van der Waals surface area contributed by atoms with E-state index in [9.17, 15) is 4.79 Å². The second kappa shape index (κ2) is 5.92. The van der Waals surface area contributed by atoms with E-state index in [2.05, 4.69) is 35.8 Å². The first-order chi connectivity index (χ1) is 10.2. The second-order valence-corrected chi connectivity index (χ2v) is 5.80. The highest BCUT2D eigenvalue weighted by Crippen LogP contribution is 2.35. The van der Waals surface area contributed by atoms with E-state index < -0.39 is 0 Å². The minimum Gasteiger partial charge on any atom is -0.466 e. The van der Waals surface area contributed by atoms with Crippen LogP contribution in [0, 0.1) is 5.92 Å². The van der Waals surface area contributed by atoms with Crippen molar-refractivity contribution in [3.63, 3.8) is 0 Å². The van der Waals surface area contributed by atoms with E-state index >= 15 is 0 Å². The number of ether oxygens (including phenoxy) is 1. The molecule has 3 nitrogen and oxygen atoms in total. The first-order valence-electron chi connectivity index (χ1n) is 7.99. The lowest BCUT2D eigenvalue weighted by molar-refractivity contribution is -0.144. The van der Waals surface area contributed by atoms with Gasteiger partial charge in [-0.05, 0) is 50.7 Å². The molecule has 0 fully saturated rings. The van der Waals surface area contributed by atoms with E-state index in [0.717, 1.165) is 25.8 Å². The maximum absolute atomic E-state index is 11.7. The molecule has 1 aliphatic carbocycles. The van der Waals surface area contributed by atoms with Crippen LogP contribution in [0.2, 0.25) is 0 Å². The van der Waals surface area contributed by atoms with Crippen LogP contribution in [0.1, 0.15) is 37.9 Å². The number of rotatable bonds is 4. The lowest BCUT2D eigenvalue weighted by atomic mass is 9.84. The van der Waals surface area contributed by atoms with Gasteiger partial charge in [0.15, 0.2) is 0 Å². The van der Waals surface area contributed by atoms with Crippen LogP contribution in [0.4, 0.5) is 0 Å². The lowest BCUT2D eigenvalue weighted by Crippen LogP contribution is -2.20. The quantitative estimate of drug-likeness (QED) is 0.802. The highest BCUT2D eigenvalue weighted by Gasteiger charge is 2.26. The Balaban J connectivity index is 1.90. The van der Waals surface area contributed by atoms with E-state index in [1.165, 1.54) is 22.2 Å². The fourth-order valence-electron chi connectivity index (χ4n) is 3.66. The number of fused-ring (bicyclic) bond motifs is 3. The molecule has 1 heterocycles. The topological polar surface area (TPSA) is 31.2 Å². The molecule has 3 heteroatoms. The van der Waals surface area contributed by atoms with Gasteiger partial charge in [-0.3, -0.25) is 4.79 Å². The molecule has 0 spiro atoms. The largest absolute Gasteiger partial charge is 0.466 e. The second-order valence-electron chi connectivity index (χ2n) is 5.80. The highest BCUT2D eigenvalue weighted by molar-refractivity contribution is 5.86. The van der Waals surface area contributed by atoms with Gasteiger partial charge in [-0.15, -0.1) is 0 Å². The molecule has 0 saturated heterocycles. The van der Waals surface area contributed by atoms with E-state index in [1.807, 2.05) is 6.92 Å². The van der Waals surface area contributed by atoms with Gasteiger partial charge in [-0.1, -0.05) is 18.2 Å². The van der Waals surface area contributed by atoms with Crippen LogP contribution in [0.5, 0.6) is 0 Å². The number of carbonyl (C=O) groups is 1. The molecule has 3 rings (SSSR count). The Morgan fingerprint density at radius 2 is 2.14 bits per heavy atom. The number of para-hydroxylation sites is 1. The summed E-state index contributed by atoms with van der Waals surface area (Å²) in [5.41, 5.74) is 4.26. The van der Waals surface area contributed by atoms with Crippen molar-refractivity contribution in [2.75, 3.05) is 6.61 Å². The van der Waals surface area contributed by atoms with Gasteiger partial charge in [0.05, 0.1) is 6.61 Å². The standard InChI is InChI=1S/C18H23NO2/c1-3-19-16-8-6-5-7-14(16)15-11-13(9-10-17(15)19)12-18(20)21-4-2/h5-8,13H,3-4,9-12H2,1-2H3. The van der Waals surface area contributed by atoms with Crippen LogP contribution >= 0.6 is 0 Å². The molecule has 0 radical (unpaired) electrons. The van der Waals surface area contributed by atoms with Gasteiger partial charge in [0.2, 0.25) is 0 Å². The predicted octanol–water partition coefficient (Wildman–Crippen LogP) is 3.72. The summed E-state index contributed by atoms with van der Waals surface area (Å²) in [4.78, 5) is 11.7. The number of nitrogens with zero attached hydrogens (tertiary/aromatic N) is 1. The van der Waals surface area contributed by atoms with Gasteiger partial charge in [0, 0.05) is 29.6 Å². The van der Waals surface area contributed by atoms with Crippen molar-refractivity contribution in [1.29, 1.82) is 0 Å². The van der Waals surface area contributed by atoms with Crippen molar-refractivity contribution in [1.82, 2.24) is 4.57 Å². The van der Waals surface area contributed by atoms with Crippen molar-refractivity contribution < 1.29 is 9.53 Å². The molecule has 0 saturated carbocycles. The number of benzene rings is 1. The van der Waals surface area contributed by atoms with Gasteiger partial charge in [-0.2, -0.15) is 0 Å². The summed E-state index contributed by atoms with van der Waals surface area (Å²) in [7, 11) is 0. The summed E-state index contributed by atoms with van der Waals surface area (Å²) in [5.74, 6) is 0.373. The third-order valence-electron chi connectivity index (χ3n) is 4.55. The zero-order valence-corrected chi connectivity index (χ0v) is 12.9. The first kappa shape index (κ1) is 14.2. The summed E-state index contributed by atoms with van der Waals surface area (Å²) < 4.78 is 7.54. The monoisotopic (exact) mass is 285 g/mol. The molecule has 1 aromatic heterocycles. The van der Waals surface area contributed by atoms with E-state index in [1.54, 1.807) is 0 Å². The van der Waals surface area contributed by atoms with Crippen molar-refractivity contribution in [3.8, 4) is 0 Å². The van der Waals surface area contributed by atoms with Crippen LogP contribution < -0.4 is 0 Å². The Kier molecular flexibility index (Phi) is 4.00. The van der Waals surface area contributed by atoms with Gasteiger partial charge in [-0.25, -0.2) is 0 Å². The molecule has 0 aliphatic heterocycles. The predicted molar refractivity (Wildman–Crippen MR) is 84.4 cm³/mol. The van der Waals surface area contributed by atoms with E-state index in [0.29, 0.717) is 18.9 Å². The number of hydrogen-bond acceptors (Lipinski definition) is 2. The molecule has 2 aromatic rings. The molecule has 0 bridgehead atoms.